The molecule has 0 spiro atoms. The SMILES string of the molecule is CC(Cn1cccn1)NC1CCCOc2cc(Br)ccc21. The minimum absolute atomic E-state index is 0.334. The Bertz CT molecular complexity index is 585. The lowest BCUT2D eigenvalue weighted by Crippen LogP contribution is -2.34. The number of benzene rings is 1. The van der Waals surface area contributed by atoms with Gasteiger partial charge in [-0.3, -0.25) is 4.68 Å². The molecule has 1 aliphatic rings. The predicted molar refractivity (Wildman–Crippen MR) is 86.4 cm³/mol. The van der Waals surface area contributed by atoms with Gasteiger partial charge in [-0.2, -0.15) is 5.10 Å². The molecule has 112 valence electrons. The number of ether oxygens (including phenoxy) is 1. The standard InChI is InChI=1S/C16H20BrN3O/c1-12(11-20-8-3-7-18-20)19-15-4-2-9-21-16-10-13(17)5-6-14(15)16/h3,5-8,10,12,15,19H,2,4,9,11H2,1H3. The lowest BCUT2D eigenvalue weighted by molar-refractivity contribution is 0.313. The number of halogens is 1. The third-order valence-corrected chi connectivity index (χ3v) is 4.24. The Kier molecular flexibility index (Phi) is 4.60. The highest BCUT2D eigenvalue weighted by atomic mass is 79.9. The van der Waals surface area contributed by atoms with Gasteiger partial charge in [-0.05, 0) is 38.0 Å². The Morgan fingerprint density at radius 1 is 1.52 bits per heavy atom. The van der Waals surface area contributed by atoms with Gasteiger partial charge < -0.3 is 10.1 Å². The van der Waals surface area contributed by atoms with Crippen LogP contribution in [-0.2, 0) is 6.54 Å². The average Bonchev–Trinajstić information content (AvgIpc) is 2.87. The fraction of sp³-hybridized carbons (Fsp3) is 0.438. The smallest absolute Gasteiger partial charge is 0.125 e. The van der Waals surface area contributed by atoms with Gasteiger partial charge >= 0.3 is 0 Å². The molecule has 4 nitrogen and oxygen atoms in total. The van der Waals surface area contributed by atoms with Crippen molar-refractivity contribution in [3.05, 3.63) is 46.7 Å². The molecule has 3 rings (SSSR count). The van der Waals surface area contributed by atoms with E-state index in [2.05, 4.69) is 51.5 Å². The summed E-state index contributed by atoms with van der Waals surface area (Å²) >= 11 is 3.51. The molecule has 0 amide bonds. The van der Waals surface area contributed by atoms with Crippen LogP contribution >= 0.6 is 15.9 Å². The van der Waals surface area contributed by atoms with Crippen molar-refractivity contribution >= 4 is 15.9 Å². The van der Waals surface area contributed by atoms with Crippen LogP contribution in [-0.4, -0.2) is 22.4 Å². The second kappa shape index (κ2) is 6.62. The molecule has 0 fully saturated rings. The first-order valence-electron chi connectivity index (χ1n) is 7.38. The number of aromatic nitrogens is 2. The van der Waals surface area contributed by atoms with E-state index in [0.29, 0.717) is 12.1 Å². The number of nitrogens with one attached hydrogen (secondary N) is 1. The van der Waals surface area contributed by atoms with Gasteiger partial charge in [0, 0.05) is 34.5 Å². The molecule has 0 saturated heterocycles. The van der Waals surface area contributed by atoms with Crippen molar-refractivity contribution in [1.82, 2.24) is 15.1 Å². The molecule has 1 aromatic heterocycles. The molecule has 2 atom stereocenters. The van der Waals surface area contributed by atoms with Crippen molar-refractivity contribution in [2.45, 2.75) is 38.4 Å². The van der Waals surface area contributed by atoms with Gasteiger partial charge in [-0.1, -0.05) is 22.0 Å². The summed E-state index contributed by atoms with van der Waals surface area (Å²) in [6, 6.07) is 8.95. The molecule has 5 heteroatoms. The monoisotopic (exact) mass is 349 g/mol. The molecule has 1 aromatic carbocycles. The quantitative estimate of drug-likeness (QED) is 0.917. The Morgan fingerprint density at radius 3 is 3.24 bits per heavy atom. The molecular formula is C16H20BrN3O. The van der Waals surface area contributed by atoms with Crippen LogP contribution in [0.5, 0.6) is 5.75 Å². The van der Waals surface area contributed by atoms with Crippen LogP contribution in [0.2, 0.25) is 0 Å². The Balaban J connectivity index is 1.73. The van der Waals surface area contributed by atoms with Crippen LogP contribution in [0, 0.1) is 0 Å². The number of hydrogen-bond donors (Lipinski definition) is 1. The first-order valence-corrected chi connectivity index (χ1v) is 8.17. The minimum atomic E-state index is 0.334. The molecule has 0 saturated carbocycles. The molecule has 0 radical (unpaired) electrons. The predicted octanol–water partition coefficient (Wildman–Crippen LogP) is 3.54. The second-order valence-electron chi connectivity index (χ2n) is 5.52. The molecule has 0 bridgehead atoms. The van der Waals surface area contributed by atoms with E-state index in [-0.39, 0.29) is 0 Å². The fourth-order valence-electron chi connectivity index (χ4n) is 2.80. The molecule has 2 unspecified atom stereocenters. The van der Waals surface area contributed by atoms with Crippen molar-refractivity contribution in [2.24, 2.45) is 0 Å². The molecule has 1 aliphatic heterocycles. The van der Waals surface area contributed by atoms with E-state index in [9.17, 15) is 0 Å². The van der Waals surface area contributed by atoms with Crippen molar-refractivity contribution in [2.75, 3.05) is 6.61 Å². The number of fused-ring (bicyclic) bond motifs is 1. The van der Waals surface area contributed by atoms with Gasteiger partial charge in [0.05, 0.1) is 13.2 Å². The van der Waals surface area contributed by atoms with Gasteiger partial charge in [0.2, 0.25) is 0 Å². The second-order valence-corrected chi connectivity index (χ2v) is 6.44. The van der Waals surface area contributed by atoms with Crippen LogP contribution in [0.15, 0.2) is 41.1 Å². The maximum atomic E-state index is 5.86. The largest absolute Gasteiger partial charge is 0.493 e. The summed E-state index contributed by atoms with van der Waals surface area (Å²) in [6.07, 6.45) is 5.98. The highest BCUT2D eigenvalue weighted by Crippen LogP contribution is 2.33. The van der Waals surface area contributed by atoms with E-state index in [1.807, 2.05) is 23.1 Å². The van der Waals surface area contributed by atoms with E-state index >= 15 is 0 Å². The number of hydrogen-bond acceptors (Lipinski definition) is 3. The highest BCUT2D eigenvalue weighted by Gasteiger charge is 2.21. The summed E-state index contributed by atoms with van der Waals surface area (Å²) < 4.78 is 8.89. The average molecular weight is 350 g/mol. The molecule has 21 heavy (non-hydrogen) atoms. The number of nitrogens with zero attached hydrogens (tertiary/aromatic N) is 2. The Labute approximate surface area is 133 Å². The number of rotatable bonds is 4. The van der Waals surface area contributed by atoms with Gasteiger partial charge in [0.25, 0.3) is 0 Å². The van der Waals surface area contributed by atoms with Crippen LogP contribution in [0.25, 0.3) is 0 Å². The summed E-state index contributed by atoms with van der Waals surface area (Å²) in [5.74, 6) is 0.991. The maximum absolute atomic E-state index is 5.86. The third kappa shape index (κ3) is 3.66. The van der Waals surface area contributed by atoms with Crippen LogP contribution < -0.4 is 10.1 Å². The maximum Gasteiger partial charge on any atom is 0.125 e. The van der Waals surface area contributed by atoms with Crippen molar-refractivity contribution in [3.63, 3.8) is 0 Å². The van der Waals surface area contributed by atoms with E-state index < -0.39 is 0 Å². The molecule has 0 aliphatic carbocycles. The van der Waals surface area contributed by atoms with Crippen molar-refractivity contribution < 1.29 is 4.74 Å². The molecular weight excluding hydrogens is 330 g/mol. The molecule has 2 aromatic rings. The Morgan fingerprint density at radius 2 is 2.43 bits per heavy atom. The molecule has 2 heterocycles. The zero-order valence-electron chi connectivity index (χ0n) is 12.1. The van der Waals surface area contributed by atoms with E-state index in [4.69, 9.17) is 4.74 Å². The highest BCUT2D eigenvalue weighted by molar-refractivity contribution is 9.10. The van der Waals surface area contributed by atoms with Gasteiger partial charge in [-0.25, -0.2) is 0 Å². The third-order valence-electron chi connectivity index (χ3n) is 3.75. The topological polar surface area (TPSA) is 39.1 Å². The van der Waals surface area contributed by atoms with Crippen LogP contribution in [0.4, 0.5) is 0 Å². The zero-order chi connectivity index (χ0) is 14.7. The van der Waals surface area contributed by atoms with Crippen LogP contribution in [0.1, 0.15) is 31.4 Å². The summed E-state index contributed by atoms with van der Waals surface area (Å²) in [7, 11) is 0. The summed E-state index contributed by atoms with van der Waals surface area (Å²) in [5.41, 5.74) is 1.25. The van der Waals surface area contributed by atoms with Gasteiger partial charge in [0.1, 0.15) is 5.75 Å². The minimum Gasteiger partial charge on any atom is -0.493 e. The first-order chi connectivity index (χ1) is 10.2. The van der Waals surface area contributed by atoms with Crippen molar-refractivity contribution in [1.29, 1.82) is 0 Å². The lowest BCUT2D eigenvalue weighted by Gasteiger charge is -2.23. The summed E-state index contributed by atoms with van der Waals surface area (Å²) in [6.45, 7) is 3.86. The normalized spacial score (nSPS) is 19.4. The lowest BCUT2D eigenvalue weighted by atomic mass is 10.0. The van der Waals surface area contributed by atoms with E-state index in [1.54, 1.807) is 0 Å². The Hall–Kier alpha value is -1.33. The van der Waals surface area contributed by atoms with Gasteiger partial charge in [0.15, 0.2) is 0 Å². The molecule has 1 N–H and O–H groups in total. The summed E-state index contributed by atoms with van der Waals surface area (Å²) in [4.78, 5) is 0. The fourth-order valence-corrected chi connectivity index (χ4v) is 3.14. The van der Waals surface area contributed by atoms with E-state index in [0.717, 1.165) is 36.2 Å². The summed E-state index contributed by atoms with van der Waals surface area (Å²) in [5, 5.41) is 7.99. The first kappa shape index (κ1) is 14.6. The van der Waals surface area contributed by atoms with Gasteiger partial charge in [-0.15, -0.1) is 0 Å². The van der Waals surface area contributed by atoms with E-state index in [1.165, 1.54) is 5.56 Å². The van der Waals surface area contributed by atoms with Crippen molar-refractivity contribution in [3.8, 4) is 5.75 Å². The zero-order valence-corrected chi connectivity index (χ0v) is 13.7. The van der Waals surface area contributed by atoms with Crippen LogP contribution in [0.3, 0.4) is 0 Å².